The van der Waals surface area contributed by atoms with E-state index in [1.807, 2.05) is 0 Å². The molecule has 1 rings (SSSR count). The minimum Gasteiger partial charge on any atom is -0.481 e. The second kappa shape index (κ2) is 2.26. The first-order valence-electron chi connectivity index (χ1n) is 2.66. The molecule has 0 amide bonds. The predicted molar refractivity (Wildman–Crippen MR) is 28.6 cm³/mol. The average molecular weight is 111 g/mol. The number of aromatic nitrogens is 2. The smallest absolute Gasteiger partial charge is 0.215 e. The largest absolute Gasteiger partial charge is 0.481 e. The third kappa shape index (κ3) is 0.932. The van der Waals surface area contributed by atoms with Gasteiger partial charge in [-0.2, -0.15) is 0 Å². The normalized spacial score (nSPS) is 10.4. The van der Waals surface area contributed by atoms with Gasteiger partial charge < -0.3 is 4.74 Å². The summed E-state index contributed by atoms with van der Waals surface area (Å²) in [5.74, 6) is 0.426. The Morgan fingerprint density at radius 3 is 3.25 bits per heavy atom. The van der Waals surface area contributed by atoms with Crippen molar-refractivity contribution in [2.24, 2.45) is 0 Å². The molecule has 0 radical (unpaired) electrons. The Labute approximate surface area is 48.8 Å². The number of ether oxygens (including phenoxy) is 1. The van der Waals surface area contributed by atoms with E-state index in [1.54, 1.807) is 6.07 Å². The molecule has 1 heterocycles. The molecular weight excluding hydrogens is 104 g/mol. The lowest BCUT2D eigenvalue weighted by atomic mass is 10.6. The maximum Gasteiger partial charge on any atom is 0.215 e. The first-order chi connectivity index (χ1) is 4.33. The topological polar surface area (TPSA) is 35.0 Å². The van der Waals surface area contributed by atoms with Gasteiger partial charge in [0.15, 0.2) is 0 Å². The molecule has 0 saturated heterocycles. The molecule has 0 fully saturated rings. The summed E-state index contributed by atoms with van der Waals surface area (Å²) in [6.45, 7) is 0. The monoisotopic (exact) mass is 111 g/mol. The standard InChI is InChI=1S/C5H6N2O/c1-8-5-2-3-6-4-7-5/h2-4H,1H3/i4D. The van der Waals surface area contributed by atoms with Gasteiger partial charge in [-0.25, -0.2) is 9.97 Å². The molecule has 0 aliphatic heterocycles. The molecule has 0 N–H and O–H groups in total. The number of nitrogens with zero attached hydrogens (tertiary/aromatic N) is 2. The van der Waals surface area contributed by atoms with Crippen LogP contribution in [0.15, 0.2) is 18.6 Å². The highest BCUT2D eigenvalue weighted by atomic mass is 16.5. The number of rotatable bonds is 1. The van der Waals surface area contributed by atoms with Crippen LogP contribution in [0.2, 0.25) is 0 Å². The third-order valence-corrected chi connectivity index (χ3v) is 0.719. The Bertz CT molecular complexity index is 204. The number of hydrogen-bond acceptors (Lipinski definition) is 3. The van der Waals surface area contributed by atoms with Gasteiger partial charge in [-0.15, -0.1) is 0 Å². The lowest BCUT2D eigenvalue weighted by Crippen LogP contribution is -1.85. The summed E-state index contributed by atoms with van der Waals surface area (Å²) in [5, 5.41) is 0. The van der Waals surface area contributed by atoms with E-state index in [0.717, 1.165) is 0 Å². The van der Waals surface area contributed by atoms with Crippen LogP contribution < -0.4 is 4.74 Å². The van der Waals surface area contributed by atoms with E-state index in [0.29, 0.717) is 5.88 Å². The van der Waals surface area contributed by atoms with Crippen molar-refractivity contribution < 1.29 is 6.11 Å². The molecule has 42 valence electrons. The highest BCUT2D eigenvalue weighted by molar-refractivity contribution is 5.03. The van der Waals surface area contributed by atoms with Gasteiger partial charge in [0.1, 0.15) is 7.67 Å². The molecule has 8 heavy (non-hydrogen) atoms. The van der Waals surface area contributed by atoms with Crippen molar-refractivity contribution in [3.05, 3.63) is 18.6 Å². The summed E-state index contributed by atoms with van der Waals surface area (Å²) >= 11 is 0. The molecule has 0 bridgehead atoms. The van der Waals surface area contributed by atoms with Crippen LogP contribution in [0.3, 0.4) is 0 Å². The van der Waals surface area contributed by atoms with Crippen LogP contribution in [0.5, 0.6) is 5.88 Å². The predicted octanol–water partition coefficient (Wildman–Crippen LogP) is 0.485. The van der Waals surface area contributed by atoms with Crippen molar-refractivity contribution in [2.75, 3.05) is 7.11 Å². The van der Waals surface area contributed by atoms with Crippen LogP contribution in [0, 0.1) is 0 Å². The Balaban J connectivity index is 2.94. The number of methoxy groups -OCH3 is 1. The van der Waals surface area contributed by atoms with E-state index in [2.05, 4.69) is 9.97 Å². The van der Waals surface area contributed by atoms with Gasteiger partial charge in [-0.05, 0) is 0 Å². The molecule has 0 aromatic carbocycles. The summed E-state index contributed by atoms with van der Waals surface area (Å²) in [7, 11) is 1.50. The van der Waals surface area contributed by atoms with Gasteiger partial charge in [0.2, 0.25) is 5.88 Å². The minimum absolute atomic E-state index is 0.0191. The molecule has 0 saturated carbocycles. The first kappa shape index (κ1) is 3.83. The summed E-state index contributed by atoms with van der Waals surface area (Å²) < 4.78 is 11.7. The van der Waals surface area contributed by atoms with Crippen LogP contribution in [-0.4, -0.2) is 17.1 Å². The van der Waals surface area contributed by atoms with E-state index in [1.165, 1.54) is 13.3 Å². The van der Waals surface area contributed by atoms with Gasteiger partial charge in [-0.1, -0.05) is 0 Å². The summed E-state index contributed by atoms with van der Waals surface area (Å²) in [5.41, 5.74) is 0. The summed E-state index contributed by atoms with van der Waals surface area (Å²) in [6, 6.07) is 1.60. The van der Waals surface area contributed by atoms with Gasteiger partial charge in [-0.3, -0.25) is 0 Å². The van der Waals surface area contributed by atoms with Gasteiger partial charge in [0, 0.05) is 12.3 Å². The molecule has 1 aromatic heterocycles. The van der Waals surface area contributed by atoms with Crippen molar-refractivity contribution >= 4 is 0 Å². The van der Waals surface area contributed by atoms with E-state index in [-0.39, 0.29) is 6.30 Å². The highest BCUT2D eigenvalue weighted by Crippen LogP contribution is 1.97. The van der Waals surface area contributed by atoms with Crippen LogP contribution in [0.1, 0.15) is 1.37 Å². The molecule has 0 unspecified atom stereocenters. The van der Waals surface area contributed by atoms with Crippen LogP contribution >= 0.6 is 0 Å². The molecule has 0 aliphatic carbocycles. The SMILES string of the molecule is [2H]c1nccc(OC)n1. The lowest BCUT2D eigenvalue weighted by Gasteiger charge is -1.91. The van der Waals surface area contributed by atoms with Crippen molar-refractivity contribution in [1.29, 1.82) is 0 Å². The van der Waals surface area contributed by atoms with Crippen molar-refractivity contribution in [3.8, 4) is 5.88 Å². The minimum atomic E-state index is -0.0191. The van der Waals surface area contributed by atoms with Gasteiger partial charge in [0.05, 0.1) is 7.11 Å². The zero-order valence-corrected chi connectivity index (χ0v) is 4.46. The Morgan fingerprint density at radius 2 is 2.75 bits per heavy atom. The fourth-order valence-corrected chi connectivity index (χ4v) is 0.363. The second-order valence-electron chi connectivity index (χ2n) is 1.20. The molecule has 0 atom stereocenters. The van der Waals surface area contributed by atoms with Crippen molar-refractivity contribution in [2.45, 2.75) is 0 Å². The molecule has 0 spiro atoms. The molecular formula is C5H6N2O. The van der Waals surface area contributed by atoms with Crippen LogP contribution in [0.25, 0.3) is 0 Å². The number of hydrogen-bond donors (Lipinski definition) is 0. The van der Waals surface area contributed by atoms with E-state index in [4.69, 9.17) is 6.11 Å². The van der Waals surface area contributed by atoms with Crippen LogP contribution in [0.4, 0.5) is 0 Å². The molecule has 3 heteroatoms. The lowest BCUT2D eigenvalue weighted by molar-refractivity contribution is 0.397. The van der Waals surface area contributed by atoms with E-state index < -0.39 is 0 Å². The molecule has 3 nitrogen and oxygen atoms in total. The van der Waals surface area contributed by atoms with Crippen molar-refractivity contribution in [1.82, 2.24) is 9.97 Å². The fraction of sp³-hybridized carbons (Fsp3) is 0.200. The van der Waals surface area contributed by atoms with E-state index >= 15 is 0 Å². The maximum atomic E-state index is 6.94. The molecule has 1 aromatic rings. The Hall–Kier alpha value is -1.12. The Kier molecular flexibility index (Phi) is 1.08. The fourth-order valence-electron chi connectivity index (χ4n) is 0.363. The Morgan fingerprint density at radius 1 is 1.88 bits per heavy atom. The van der Waals surface area contributed by atoms with Crippen molar-refractivity contribution in [3.63, 3.8) is 0 Å². The maximum absolute atomic E-state index is 6.94. The second-order valence-corrected chi connectivity index (χ2v) is 1.20. The third-order valence-electron chi connectivity index (χ3n) is 0.719. The quantitative estimate of drug-likeness (QED) is 0.528. The summed E-state index contributed by atoms with van der Waals surface area (Å²) in [4.78, 5) is 7.19. The van der Waals surface area contributed by atoms with Crippen LogP contribution in [-0.2, 0) is 0 Å². The van der Waals surface area contributed by atoms with E-state index in [9.17, 15) is 0 Å². The first-order valence-corrected chi connectivity index (χ1v) is 2.16. The van der Waals surface area contributed by atoms with Gasteiger partial charge in [0.25, 0.3) is 0 Å². The summed E-state index contributed by atoms with van der Waals surface area (Å²) in [6.07, 6.45) is 1.46. The molecule has 0 aliphatic rings. The average Bonchev–Trinajstić information content (AvgIpc) is 1.88. The zero-order valence-electron chi connectivity index (χ0n) is 5.46. The van der Waals surface area contributed by atoms with Gasteiger partial charge >= 0.3 is 0 Å². The highest BCUT2D eigenvalue weighted by Gasteiger charge is 1.82. The zero-order chi connectivity index (χ0) is 6.69.